The van der Waals surface area contributed by atoms with Crippen LogP contribution in [0.1, 0.15) is 13.3 Å². The molecule has 86 valence electrons. The minimum absolute atomic E-state index is 0.182. The van der Waals surface area contributed by atoms with Crippen molar-refractivity contribution in [2.45, 2.75) is 19.4 Å². The SMILES string of the molecule is CC(N)CCNc1ccc2[nH]c(=O)oc2c1. The molecule has 0 spiro atoms. The lowest BCUT2D eigenvalue weighted by Crippen LogP contribution is -2.19. The van der Waals surface area contributed by atoms with Gasteiger partial charge in [-0.1, -0.05) is 0 Å². The smallest absolute Gasteiger partial charge is 0.408 e. The Morgan fingerprint density at radius 1 is 1.56 bits per heavy atom. The maximum absolute atomic E-state index is 10.9. The van der Waals surface area contributed by atoms with Gasteiger partial charge in [-0.2, -0.15) is 0 Å². The van der Waals surface area contributed by atoms with Crippen molar-refractivity contribution in [3.05, 3.63) is 28.7 Å². The second-order valence-electron chi connectivity index (χ2n) is 3.92. The van der Waals surface area contributed by atoms with E-state index in [2.05, 4.69) is 10.3 Å². The minimum Gasteiger partial charge on any atom is -0.408 e. The lowest BCUT2D eigenvalue weighted by Gasteiger charge is -2.07. The molecule has 2 rings (SSSR count). The Bertz CT molecular complexity index is 527. The van der Waals surface area contributed by atoms with Crippen LogP contribution < -0.4 is 16.8 Å². The number of nitrogens with two attached hydrogens (primary N) is 1. The molecule has 0 aliphatic heterocycles. The van der Waals surface area contributed by atoms with E-state index < -0.39 is 5.76 Å². The van der Waals surface area contributed by atoms with Gasteiger partial charge in [-0.05, 0) is 25.5 Å². The third-order valence-corrected chi connectivity index (χ3v) is 2.35. The fraction of sp³-hybridized carbons (Fsp3) is 0.364. The number of anilines is 1. The van der Waals surface area contributed by atoms with Crippen molar-refractivity contribution in [1.29, 1.82) is 0 Å². The van der Waals surface area contributed by atoms with Gasteiger partial charge in [-0.3, -0.25) is 4.98 Å². The summed E-state index contributed by atoms with van der Waals surface area (Å²) in [5.74, 6) is -0.428. The van der Waals surface area contributed by atoms with Crippen LogP contribution in [0.25, 0.3) is 11.1 Å². The predicted octanol–water partition coefficient (Wildman–Crippen LogP) is 1.27. The van der Waals surface area contributed by atoms with Crippen molar-refractivity contribution >= 4 is 16.8 Å². The zero-order valence-corrected chi connectivity index (χ0v) is 9.12. The van der Waals surface area contributed by atoms with Crippen molar-refractivity contribution in [2.75, 3.05) is 11.9 Å². The summed E-state index contributed by atoms with van der Waals surface area (Å²) in [5.41, 5.74) is 7.85. The van der Waals surface area contributed by atoms with Crippen LogP contribution in [0, 0.1) is 0 Å². The lowest BCUT2D eigenvalue weighted by molar-refractivity contribution is 0.555. The van der Waals surface area contributed by atoms with Crippen LogP contribution in [0.4, 0.5) is 5.69 Å². The minimum atomic E-state index is -0.428. The molecule has 0 fully saturated rings. The number of hydrogen-bond donors (Lipinski definition) is 3. The second kappa shape index (κ2) is 4.40. The van der Waals surface area contributed by atoms with E-state index in [1.807, 2.05) is 19.1 Å². The molecule has 0 bridgehead atoms. The third kappa shape index (κ3) is 2.43. The summed E-state index contributed by atoms with van der Waals surface area (Å²) < 4.78 is 4.96. The molecule has 1 heterocycles. The number of hydrogen-bond acceptors (Lipinski definition) is 4. The highest BCUT2D eigenvalue weighted by atomic mass is 16.4. The van der Waals surface area contributed by atoms with Crippen molar-refractivity contribution in [1.82, 2.24) is 4.98 Å². The number of aromatic amines is 1. The number of H-pyrrole nitrogens is 1. The fourth-order valence-electron chi connectivity index (χ4n) is 1.50. The average Bonchev–Trinajstić information content (AvgIpc) is 2.56. The molecular formula is C11H15N3O2. The van der Waals surface area contributed by atoms with E-state index in [9.17, 15) is 4.79 Å². The van der Waals surface area contributed by atoms with Gasteiger partial charge in [0.05, 0.1) is 5.52 Å². The van der Waals surface area contributed by atoms with Crippen molar-refractivity contribution in [3.8, 4) is 0 Å². The molecule has 0 radical (unpaired) electrons. The monoisotopic (exact) mass is 221 g/mol. The largest absolute Gasteiger partial charge is 0.417 e. The molecule has 16 heavy (non-hydrogen) atoms. The van der Waals surface area contributed by atoms with E-state index in [0.717, 1.165) is 18.7 Å². The Morgan fingerprint density at radius 3 is 3.12 bits per heavy atom. The van der Waals surface area contributed by atoms with E-state index in [1.165, 1.54) is 0 Å². The first-order chi connectivity index (χ1) is 7.65. The van der Waals surface area contributed by atoms with E-state index in [1.54, 1.807) is 6.07 Å². The maximum atomic E-state index is 10.9. The molecule has 0 saturated carbocycles. The van der Waals surface area contributed by atoms with Gasteiger partial charge in [0.1, 0.15) is 0 Å². The van der Waals surface area contributed by atoms with Crippen LogP contribution in [-0.4, -0.2) is 17.6 Å². The molecule has 1 aromatic carbocycles. The Labute approximate surface area is 92.6 Å². The first-order valence-electron chi connectivity index (χ1n) is 5.27. The Balaban J connectivity index is 2.10. The van der Waals surface area contributed by atoms with Crippen LogP contribution in [-0.2, 0) is 0 Å². The summed E-state index contributed by atoms with van der Waals surface area (Å²) in [4.78, 5) is 13.5. The number of rotatable bonds is 4. The molecule has 5 heteroatoms. The average molecular weight is 221 g/mol. The van der Waals surface area contributed by atoms with Gasteiger partial charge in [0.2, 0.25) is 0 Å². The fourth-order valence-corrected chi connectivity index (χ4v) is 1.50. The lowest BCUT2D eigenvalue weighted by atomic mass is 10.2. The molecule has 0 aliphatic carbocycles. The van der Waals surface area contributed by atoms with Crippen LogP contribution in [0.3, 0.4) is 0 Å². The molecule has 0 saturated heterocycles. The maximum Gasteiger partial charge on any atom is 0.417 e. The second-order valence-corrected chi connectivity index (χ2v) is 3.92. The van der Waals surface area contributed by atoms with Crippen molar-refractivity contribution in [3.63, 3.8) is 0 Å². The van der Waals surface area contributed by atoms with Crippen LogP contribution in [0.2, 0.25) is 0 Å². The summed E-state index contributed by atoms with van der Waals surface area (Å²) in [7, 11) is 0. The first-order valence-corrected chi connectivity index (χ1v) is 5.27. The van der Waals surface area contributed by atoms with Gasteiger partial charge >= 0.3 is 5.76 Å². The van der Waals surface area contributed by atoms with Crippen LogP contribution >= 0.6 is 0 Å². The molecule has 1 unspecified atom stereocenters. The van der Waals surface area contributed by atoms with E-state index in [4.69, 9.17) is 10.2 Å². The van der Waals surface area contributed by atoms with Gasteiger partial charge in [0.25, 0.3) is 0 Å². The van der Waals surface area contributed by atoms with Gasteiger partial charge in [0.15, 0.2) is 5.58 Å². The van der Waals surface area contributed by atoms with Gasteiger partial charge in [0, 0.05) is 24.3 Å². The van der Waals surface area contributed by atoms with Crippen molar-refractivity contribution < 1.29 is 4.42 Å². The standard InChI is InChI=1S/C11H15N3O2/c1-7(12)4-5-13-8-2-3-9-10(6-8)16-11(15)14-9/h2-3,6-7,13H,4-5,12H2,1H3,(H,14,15). The normalized spacial score (nSPS) is 12.9. The molecule has 1 atom stereocenters. The molecule has 0 amide bonds. The zero-order valence-electron chi connectivity index (χ0n) is 9.12. The van der Waals surface area contributed by atoms with Gasteiger partial charge in [-0.15, -0.1) is 0 Å². The molecule has 0 aliphatic rings. The summed E-state index contributed by atoms with van der Waals surface area (Å²) in [5, 5.41) is 3.22. The van der Waals surface area contributed by atoms with E-state index in [0.29, 0.717) is 11.1 Å². The molecule has 1 aromatic heterocycles. The zero-order chi connectivity index (χ0) is 11.5. The molecule has 2 aromatic rings. The van der Waals surface area contributed by atoms with Gasteiger partial charge < -0.3 is 15.5 Å². The summed E-state index contributed by atoms with van der Waals surface area (Å²) >= 11 is 0. The predicted molar refractivity (Wildman–Crippen MR) is 63.6 cm³/mol. The summed E-state index contributed by atoms with van der Waals surface area (Å²) in [6.45, 7) is 2.77. The number of nitrogens with one attached hydrogen (secondary N) is 2. The van der Waals surface area contributed by atoms with E-state index in [-0.39, 0.29) is 6.04 Å². The highest BCUT2D eigenvalue weighted by Crippen LogP contribution is 2.16. The van der Waals surface area contributed by atoms with Crippen molar-refractivity contribution in [2.24, 2.45) is 5.73 Å². The number of oxazole rings is 1. The van der Waals surface area contributed by atoms with Crippen LogP contribution in [0.15, 0.2) is 27.4 Å². The number of benzene rings is 1. The molecule has 5 nitrogen and oxygen atoms in total. The Kier molecular flexibility index (Phi) is 2.96. The summed E-state index contributed by atoms with van der Waals surface area (Å²) in [6.07, 6.45) is 0.898. The molecule has 4 N–H and O–H groups in total. The highest BCUT2D eigenvalue weighted by molar-refractivity contribution is 5.76. The Hall–Kier alpha value is -1.75. The molecular weight excluding hydrogens is 206 g/mol. The summed E-state index contributed by atoms with van der Waals surface area (Å²) in [6, 6.07) is 5.69. The Morgan fingerprint density at radius 2 is 2.38 bits per heavy atom. The number of aromatic nitrogens is 1. The quantitative estimate of drug-likeness (QED) is 0.726. The van der Waals surface area contributed by atoms with Gasteiger partial charge in [-0.25, -0.2) is 4.79 Å². The third-order valence-electron chi connectivity index (χ3n) is 2.35. The number of fused-ring (bicyclic) bond motifs is 1. The first kappa shape index (κ1) is 10.8. The van der Waals surface area contributed by atoms with Crippen LogP contribution in [0.5, 0.6) is 0 Å². The van der Waals surface area contributed by atoms with E-state index >= 15 is 0 Å². The topological polar surface area (TPSA) is 84.0 Å². The highest BCUT2D eigenvalue weighted by Gasteiger charge is 2.01.